The Labute approximate surface area is 95.5 Å². The maximum Gasteiger partial charge on any atom is 0.128 e. The molecule has 3 heteroatoms. The maximum atomic E-state index is 8.21. The van der Waals surface area contributed by atoms with Crippen molar-refractivity contribution >= 4 is 5.84 Å². The van der Waals surface area contributed by atoms with Gasteiger partial charge < -0.3 is 9.64 Å². The number of nitrogens with one attached hydrogen (secondary N) is 1. The van der Waals surface area contributed by atoms with E-state index in [0.717, 1.165) is 38.2 Å². The zero-order valence-electron chi connectivity index (χ0n) is 9.28. The minimum Gasteiger partial charge on any atom is -0.381 e. The van der Waals surface area contributed by atoms with Gasteiger partial charge in [-0.1, -0.05) is 24.3 Å². The van der Waals surface area contributed by atoms with Gasteiger partial charge in [-0.15, -0.1) is 0 Å². The minimum atomic E-state index is 0.494. The van der Waals surface area contributed by atoms with Crippen LogP contribution in [0.15, 0.2) is 24.3 Å². The van der Waals surface area contributed by atoms with Crippen molar-refractivity contribution in [2.45, 2.75) is 25.4 Å². The summed E-state index contributed by atoms with van der Waals surface area (Å²) in [6, 6.07) is 8.74. The van der Waals surface area contributed by atoms with Crippen molar-refractivity contribution in [2.24, 2.45) is 0 Å². The molecule has 0 radical (unpaired) electrons. The molecule has 2 aliphatic rings. The van der Waals surface area contributed by atoms with Gasteiger partial charge in [0.05, 0.1) is 0 Å². The normalized spacial score (nSPS) is 21.2. The van der Waals surface area contributed by atoms with E-state index < -0.39 is 0 Å². The van der Waals surface area contributed by atoms with Crippen LogP contribution in [0, 0.1) is 5.41 Å². The van der Waals surface area contributed by atoms with Crippen molar-refractivity contribution in [1.82, 2.24) is 4.90 Å². The van der Waals surface area contributed by atoms with E-state index in [1.54, 1.807) is 0 Å². The second-order valence-electron chi connectivity index (χ2n) is 4.48. The molecule has 0 spiro atoms. The lowest BCUT2D eigenvalue weighted by Gasteiger charge is -2.32. The Kier molecular flexibility index (Phi) is 2.40. The summed E-state index contributed by atoms with van der Waals surface area (Å²) in [6.07, 6.45) is 2.10. The molecule has 0 unspecified atom stereocenters. The van der Waals surface area contributed by atoms with Crippen LogP contribution >= 0.6 is 0 Å². The van der Waals surface area contributed by atoms with E-state index >= 15 is 0 Å². The number of rotatable bonds is 1. The predicted molar refractivity (Wildman–Crippen MR) is 62.7 cm³/mol. The molecule has 2 aliphatic heterocycles. The molecule has 3 nitrogen and oxygen atoms in total. The van der Waals surface area contributed by atoms with Crippen LogP contribution in [0.3, 0.4) is 0 Å². The first-order valence-electron chi connectivity index (χ1n) is 5.87. The van der Waals surface area contributed by atoms with Crippen molar-refractivity contribution in [3.8, 4) is 0 Å². The highest BCUT2D eigenvalue weighted by molar-refractivity contribution is 6.00. The fourth-order valence-corrected chi connectivity index (χ4v) is 2.61. The van der Waals surface area contributed by atoms with Gasteiger partial charge in [-0.05, 0) is 18.4 Å². The Bertz CT molecular complexity index is 410. The number of hydrogen-bond donors (Lipinski definition) is 1. The molecule has 1 aromatic rings. The van der Waals surface area contributed by atoms with E-state index in [4.69, 9.17) is 10.1 Å². The summed E-state index contributed by atoms with van der Waals surface area (Å²) in [4.78, 5) is 2.23. The molecule has 0 bridgehead atoms. The van der Waals surface area contributed by atoms with E-state index in [1.807, 2.05) is 6.07 Å². The quantitative estimate of drug-likeness (QED) is 0.779. The first-order valence-corrected chi connectivity index (χ1v) is 5.87. The largest absolute Gasteiger partial charge is 0.381 e. The monoisotopic (exact) mass is 216 g/mol. The van der Waals surface area contributed by atoms with Gasteiger partial charge in [0.25, 0.3) is 0 Å². The van der Waals surface area contributed by atoms with Gasteiger partial charge in [0.2, 0.25) is 0 Å². The Balaban J connectivity index is 1.83. The molecule has 0 aromatic heterocycles. The van der Waals surface area contributed by atoms with Crippen LogP contribution < -0.4 is 0 Å². The molecule has 0 aliphatic carbocycles. The fourth-order valence-electron chi connectivity index (χ4n) is 2.61. The summed E-state index contributed by atoms with van der Waals surface area (Å²) in [5.41, 5.74) is 2.40. The van der Waals surface area contributed by atoms with E-state index in [2.05, 4.69) is 23.1 Å². The lowest BCUT2D eigenvalue weighted by molar-refractivity contribution is 0.0548. The van der Waals surface area contributed by atoms with E-state index in [0.29, 0.717) is 11.9 Å². The lowest BCUT2D eigenvalue weighted by Crippen LogP contribution is -2.39. The first-order chi connectivity index (χ1) is 7.86. The molecular formula is C13H16N2O. The minimum absolute atomic E-state index is 0.494. The number of amidine groups is 1. The average Bonchev–Trinajstić information content (AvgIpc) is 2.69. The smallest absolute Gasteiger partial charge is 0.128 e. The Morgan fingerprint density at radius 3 is 2.69 bits per heavy atom. The van der Waals surface area contributed by atoms with Crippen LogP contribution in [0.2, 0.25) is 0 Å². The summed E-state index contributed by atoms with van der Waals surface area (Å²) in [5.74, 6) is 0.697. The zero-order valence-corrected chi connectivity index (χ0v) is 9.28. The molecule has 3 rings (SSSR count). The van der Waals surface area contributed by atoms with Crippen molar-refractivity contribution in [1.29, 1.82) is 5.41 Å². The maximum absolute atomic E-state index is 8.21. The van der Waals surface area contributed by atoms with Gasteiger partial charge in [0.15, 0.2) is 0 Å². The number of benzene rings is 1. The van der Waals surface area contributed by atoms with E-state index in [1.165, 1.54) is 5.56 Å². The van der Waals surface area contributed by atoms with Gasteiger partial charge >= 0.3 is 0 Å². The molecular weight excluding hydrogens is 200 g/mol. The highest BCUT2D eigenvalue weighted by atomic mass is 16.5. The molecule has 1 aromatic carbocycles. The highest BCUT2D eigenvalue weighted by Gasteiger charge is 2.30. The first kappa shape index (κ1) is 9.85. The number of ether oxygens (including phenoxy) is 1. The fraction of sp³-hybridized carbons (Fsp3) is 0.462. The molecule has 0 atom stereocenters. The summed E-state index contributed by atoms with van der Waals surface area (Å²) in [7, 11) is 0. The number of nitrogens with zero attached hydrogens (tertiary/aromatic N) is 1. The van der Waals surface area contributed by atoms with Crippen molar-refractivity contribution < 1.29 is 4.74 Å². The predicted octanol–water partition coefficient (Wildman–Crippen LogP) is 2.01. The number of fused-ring (bicyclic) bond motifs is 1. The van der Waals surface area contributed by atoms with Crippen LogP contribution in [0.25, 0.3) is 0 Å². The molecule has 16 heavy (non-hydrogen) atoms. The molecule has 0 amide bonds. The SMILES string of the molecule is N=C1c2ccccc2CN1C1CCOCC1. The second-order valence-corrected chi connectivity index (χ2v) is 4.48. The summed E-state index contributed by atoms with van der Waals surface area (Å²) in [5, 5.41) is 8.21. The van der Waals surface area contributed by atoms with Crippen molar-refractivity contribution in [3.05, 3.63) is 35.4 Å². The van der Waals surface area contributed by atoms with Gasteiger partial charge in [-0.2, -0.15) is 0 Å². The number of hydrogen-bond acceptors (Lipinski definition) is 2. The van der Waals surface area contributed by atoms with E-state index in [9.17, 15) is 0 Å². The molecule has 0 saturated carbocycles. The van der Waals surface area contributed by atoms with Crippen LogP contribution in [0.5, 0.6) is 0 Å². The summed E-state index contributed by atoms with van der Waals surface area (Å²) >= 11 is 0. The van der Waals surface area contributed by atoms with Crippen molar-refractivity contribution in [3.63, 3.8) is 0 Å². The van der Waals surface area contributed by atoms with Gasteiger partial charge in [0.1, 0.15) is 5.84 Å². The Hall–Kier alpha value is -1.35. The van der Waals surface area contributed by atoms with Crippen LogP contribution in [0.4, 0.5) is 0 Å². The molecule has 1 N–H and O–H groups in total. The third kappa shape index (κ3) is 1.52. The van der Waals surface area contributed by atoms with Crippen LogP contribution in [-0.2, 0) is 11.3 Å². The standard InChI is InChI=1S/C13H16N2O/c14-13-12-4-2-1-3-10(12)9-15(13)11-5-7-16-8-6-11/h1-4,11,14H,5-9H2. The molecule has 84 valence electrons. The molecule has 2 heterocycles. The Morgan fingerprint density at radius 2 is 1.94 bits per heavy atom. The van der Waals surface area contributed by atoms with Crippen LogP contribution in [-0.4, -0.2) is 30.0 Å². The highest BCUT2D eigenvalue weighted by Crippen LogP contribution is 2.27. The second kappa shape index (κ2) is 3.91. The topological polar surface area (TPSA) is 36.3 Å². The zero-order chi connectivity index (χ0) is 11.0. The third-order valence-corrected chi connectivity index (χ3v) is 3.53. The van der Waals surface area contributed by atoms with Gasteiger partial charge in [0, 0.05) is 31.4 Å². The van der Waals surface area contributed by atoms with Gasteiger partial charge in [-0.25, -0.2) is 0 Å². The third-order valence-electron chi connectivity index (χ3n) is 3.53. The summed E-state index contributed by atoms with van der Waals surface area (Å²) in [6.45, 7) is 2.58. The summed E-state index contributed by atoms with van der Waals surface area (Å²) < 4.78 is 5.37. The van der Waals surface area contributed by atoms with E-state index in [-0.39, 0.29) is 0 Å². The molecule has 1 saturated heterocycles. The van der Waals surface area contributed by atoms with Crippen molar-refractivity contribution in [2.75, 3.05) is 13.2 Å². The molecule has 1 fully saturated rings. The lowest BCUT2D eigenvalue weighted by atomic mass is 10.1. The average molecular weight is 216 g/mol. The van der Waals surface area contributed by atoms with Gasteiger partial charge in [-0.3, -0.25) is 5.41 Å². The Morgan fingerprint density at radius 1 is 1.19 bits per heavy atom. The van der Waals surface area contributed by atoms with Crippen LogP contribution in [0.1, 0.15) is 24.0 Å².